The fourth-order valence-electron chi connectivity index (χ4n) is 1.58. The topological polar surface area (TPSA) is 89.3 Å². The zero-order valence-electron chi connectivity index (χ0n) is 10.7. The Morgan fingerprint density at radius 2 is 2.10 bits per heavy atom. The fraction of sp³-hybridized carbons (Fsp3) is 0.0769. The lowest BCUT2D eigenvalue weighted by molar-refractivity contribution is 0.102. The number of amides is 1. The number of carbonyl (C=O) groups excluding carboxylic acids is 1. The quantitative estimate of drug-likeness (QED) is 0.594. The van der Waals surface area contributed by atoms with Crippen LogP contribution in [-0.2, 0) is 0 Å². The smallest absolute Gasteiger partial charge is 0.274 e. The van der Waals surface area contributed by atoms with E-state index in [1.807, 2.05) is 0 Å². The van der Waals surface area contributed by atoms with Crippen molar-refractivity contribution in [1.82, 2.24) is 4.98 Å². The highest BCUT2D eigenvalue weighted by Gasteiger charge is 2.10. The first-order valence-corrected chi connectivity index (χ1v) is 6.09. The van der Waals surface area contributed by atoms with Crippen molar-refractivity contribution in [2.24, 2.45) is 5.84 Å². The van der Waals surface area contributed by atoms with Crippen LogP contribution in [0.5, 0.6) is 5.75 Å². The minimum absolute atomic E-state index is 0.245. The first-order chi connectivity index (χ1) is 9.63. The van der Waals surface area contributed by atoms with Crippen molar-refractivity contribution in [3.63, 3.8) is 0 Å². The van der Waals surface area contributed by atoms with Crippen LogP contribution in [0.25, 0.3) is 0 Å². The third-order valence-corrected chi connectivity index (χ3v) is 2.88. The molecule has 0 bridgehead atoms. The summed E-state index contributed by atoms with van der Waals surface area (Å²) in [7, 11) is 1.50. The van der Waals surface area contributed by atoms with Gasteiger partial charge in [0, 0.05) is 18.0 Å². The van der Waals surface area contributed by atoms with E-state index in [1.54, 1.807) is 30.3 Å². The van der Waals surface area contributed by atoms with Gasteiger partial charge in [0.1, 0.15) is 11.4 Å². The molecule has 0 saturated carbocycles. The molecule has 104 valence electrons. The Morgan fingerprint density at radius 1 is 1.30 bits per heavy atom. The van der Waals surface area contributed by atoms with E-state index < -0.39 is 0 Å². The maximum Gasteiger partial charge on any atom is 0.274 e. The molecule has 0 radical (unpaired) electrons. The number of hydrogen-bond acceptors (Lipinski definition) is 5. The number of anilines is 2. The fourth-order valence-corrected chi connectivity index (χ4v) is 1.77. The van der Waals surface area contributed by atoms with Crippen molar-refractivity contribution in [3.8, 4) is 5.75 Å². The van der Waals surface area contributed by atoms with Crippen molar-refractivity contribution >= 4 is 28.9 Å². The molecule has 0 spiro atoms. The van der Waals surface area contributed by atoms with Gasteiger partial charge >= 0.3 is 0 Å². The van der Waals surface area contributed by atoms with E-state index >= 15 is 0 Å². The zero-order chi connectivity index (χ0) is 14.5. The molecular formula is C13H13ClN4O2. The first kappa shape index (κ1) is 14.1. The van der Waals surface area contributed by atoms with E-state index in [1.165, 1.54) is 13.3 Å². The maximum absolute atomic E-state index is 12.1. The molecular weight excluding hydrogens is 280 g/mol. The number of nitrogen functional groups attached to an aromatic ring is 1. The molecule has 1 heterocycles. The highest BCUT2D eigenvalue weighted by atomic mass is 35.5. The summed E-state index contributed by atoms with van der Waals surface area (Å²) in [6.07, 6.45) is 1.49. The van der Waals surface area contributed by atoms with Gasteiger partial charge in [0.15, 0.2) is 0 Å². The van der Waals surface area contributed by atoms with Crippen LogP contribution in [0.1, 0.15) is 10.5 Å². The number of methoxy groups -OCH3 is 1. The molecule has 0 aliphatic carbocycles. The van der Waals surface area contributed by atoms with E-state index in [9.17, 15) is 4.79 Å². The van der Waals surface area contributed by atoms with Gasteiger partial charge in [-0.25, -0.2) is 0 Å². The summed E-state index contributed by atoms with van der Waals surface area (Å²) < 4.78 is 5.08. The lowest BCUT2D eigenvalue weighted by Gasteiger charge is -2.08. The number of halogens is 1. The number of aromatic nitrogens is 1. The summed E-state index contributed by atoms with van der Waals surface area (Å²) in [5.41, 5.74) is 3.85. The lowest BCUT2D eigenvalue weighted by Crippen LogP contribution is -2.15. The lowest BCUT2D eigenvalue weighted by atomic mass is 10.2. The summed E-state index contributed by atoms with van der Waals surface area (Å²) in [6.45, 7) is 0. The average Bonchev–Trinajstić information content (AvgIpc) is 2.49. The van der Waals surface area contributed by atoms with Crippen LogP contribution in [-0.4, -0.2) is 18.0 Å². The SMILES string of the molecule is COc1cc(NC(=O)c2cc(NN)ccn2)ccc1Cl. The molecule has 0 aliphatic rings. The third kappa shape index (κ3) is 3.17. The second-order valence-electron chi connectivity index (χ2n) is 3.88. The number of nitrogens with one attached hydrogen (secondary N) is 2. The molecule has 0 unspecified atom stereocenters. The van der Waals surface area contributed by atoms with E-state index in [2.05, 4.69) is 15.7 Å². The van der Waals surface area contributed by atoms with Crippen molar-refractivity contribution in [2.75, 3.05) is 17.9 Å². The summed E-state index contributed by atoms with van der Waals surface area (Å²) in [4.78, 5) is 16.0. The third-order valence-electron chi connectivity index (χ3n) is 2.57. The molecule has 1 aromatic carbocycles. The Balaban J connectivity index is 2.18. The van der Waals surface area contributed by atoms with Gasteiger partial charge < -0.3 is 15.5 Å². The number of nitrogens with zero attached hydrogens (tertiary/aromatic N) is 1. The number of ether oxygens (including phenoxy) is 1. The number of pyridine rings is 1. The van der Waals surface area contributed by atoms with Gasteiger partial charge in [0.25, 0.3) is 5.91 Å². The molecule has 2 aromatic rings. The standard InChI is InChI=1S/C13H13ClN4O2/c1-20-12-7-8(2-3-10(12)14)17-13(19)11-6-9(18-15)4-5-16-11/h2-7H,15H2,1H3,(H,16,18)(H,17,19). The number of rotatable bonds is 4. The Morgan fingerprint density at radius 3 is 2.80 bits per heavy atom. The van der Waals surface area contributed by atoms with Gasteiger partial charge in [-0.2, -0.15) is 0 Å². The predicted octanol–water partition coefficient (Wildman–Crippen LogP) is 2.28. The van der Waals surface area contributed by atoms with Crippen LogP contribution in [0.15, 0.2) is 36.5 Å². The Hall–Kier alpha value is -2.31. The minimum atomic E-state index is -0.355. The predicted molar refractivity (Wildman–Crippen MR) is 78.0 cm³/mol. The molecule has 4 N–H and O–H groups in total. The molecule has 7 heteroatoms. The number of nitrogens with two attached hydrogens (primary N) is 1. The summed E-state index contributed by atoms with van der Waals surface area (Å²) in [5, 5.41) is 3.17. The van der Waals surface area contributed by atoms with Gasteiger partial charge in [0.2, 0.25) is 0 Å². The minimum Gasteiger partial charge on any atom is -0.495 e. The van der Waals surface area contributed by atoms with Gasteiger partial charge in [-0.05, 0) is 24.3 Å². The molecule has 1 aromatic heterocycles. The molecule has 2 rings (SSSR count). The number of hydrazine groups is 1. The Bertz CT molecular complexity index is 634. The average molecular weight is 293 g/mol. The van der Waals surface area contributed by atoms with Gasteiger partial charge in [-0.15, -0.1) is 0 Å². The molecule has 20 heavy (non-hydrogen) atoms. The number of benzene rings is 1. The highest BCUT2D eigenvalue weighted by molar-refractivity contribution is 6.32. The van der Waals surface area contributed by atoms with Crippen LogP contribution >= 0.6 is 11.6 Å². The van der Waals surface area contributed by atoms with E-state index in [-0.39, 0.29) is 11.6 Å². The maximum atomic E-state index is 12.1. The van der Waals surface area contributed by atoms with Crippen LogP contribution in [0, 0.1) is 0 Å². The van der Waals surface area contributed by atoms with Crippen molar-refractivity contribution < 1.29 is 9.53 Å². The summed E-state index contributed by atoms with van der Waals surface area (Å²) in [6, 6.07) is 8.14. The van der Waals surface area contributed by atoms with E-state index in [0.29, 0.717) is 22.1 Å². The summed E-state index contributed by atoms with van der Waals surface area (Å²) >= 11 is 5.92. The van der Waals surface area contributed by atoms with Crippen molar-refractivity contribution in [1.29, 1.82) is 0 Å². The number of hydrogen-bond donors (Lipinski definition) is 3. The van der Waals surface area contributed by atoms with E-state index in [4.69, 9.17) is 22.2 Å². The van der Waals surface area contributed by atoms with Gasteiger partial charge in [-0.3, -0.25) is 15.6 Å². The Labute approximate surface area is 120 Å². The largest absolute Gasteiger partial charge is 0.495 e. The second kappa shape index (κ2) is 6.23. The molecule has 0 atom stereocenters. The normalized spacial score (nSPS) is 9.95. The monoisotopic (exact) mass is 292 g/mol. The molecule has 0 saturated heterocycles. The number of carbonyl (C=O) groups is 1. The second-order valence-corrected chi connectivity index (χ2v) is 4.28. The Kier molecular flexibility index (Phi) is 4.39. The zero-order valence-corrected chi connectivity index (χ0v) is 11.4. The van der Waals surface area contributed by atoms with Crippen LogP contribution < -0.4 is 21.3 Å². The van der Waals surface area contributed by atoms with Crippen molar-refractivity contribution in [3.05, 3.63) is 47.2 Å². The van der Waals surface area contributed by atoms with Gasteiger partial charge in [-0.1, -0.05) is 11.6 Å². The molecule has 0 fully saturated rings. The van der Waals surface area contributed by atoms with Crippen LogP contribution in [0.4, 0.5) is 11.4 Å². The molecule has 6 nitrogen and oxygen atoms in total. The molecule has 0 aliphatic heterocycles. The van der Waals surface area contributed by atoms with Crippen LogP contribution in [0.3, 0.4) is 0 Å². The van der Waals surface area contributed by atoms with E-state index in [0.717, 1.165) is 0 Å². The van der Waals surface area contributed by atoms with Crippen molar-refractivity contribution in [2.45, 2.75) is 0 Å². The first-order valence-electron chi connectivity index (χ1n) is 5.71. The summed E-state index contributed by atoms with van der Waals surface area (Å²) in [5.74, 6) is 5.41. The van der Waals surface area contributed by atoms with Crippen LogP contribution in [0.2, 0.25) is 5.02 Å². The molecule has 1 amide bonds. The highest BCUT2D eigenvalue weighted by Crippen LogP contribution is 2.27. The van der Waals surface area contributed by atoms with Gasteiger partial charge in [0.05, 0.1) is 17.8 Å².